The number of anilines is 4. The van der Waals surface area contributed by atoms with Crippen LogP contribution in [0.1, 0.15) is 19.8 Å². The van der Waals surface area contributed by atoms with E-state index in [0.29, 0.717) is 59.4 Å². The predicted molar refractivity (Wildman–Crippen MR) is 140 cm³/mol. The van der Waals surface area contributed by atoms with Gasteiger partial charge in [0.15, 0.2) is 12.4 Å². The van der Waals surface area contributed by atoms with E-state index < -0.39 is 24.1 Å². The van der Waals surface area contributed by atoms with E-state index in [1.54, 1.807) is 32.4 Å². The van der Waals surface area contributed by atoms with Gasteiger partial charge in [0.2, 0.25) is 11.7 Å². The van der Waals surface area contributed by atoms with Crippen LogP contribution in [0.4, 0.5) is 31.9 Å². The van der Waals surface area contributed by atoms with Gasteiger partial charge in [0.05, 0.1) is 30.0 Å². The zero-order valence-electron chi connectivity index (χ0n) is 20.8. The number of hydrogen-bond acceptors (Lipinski definition) is 8. The Morgan fingerprint density at radius 3 is 2.89 bits per heavy atom. The lowest BCUT2D eigenvalue weighted by Crippen LogP contribution is -2.44. The third-order valence-corrected chi connectivity index (χ3v) is 6.95. The summed E-state index contributed by atoms with van der Waals surface area (Å²) in [5, 5.41) is 10.2. The minimum Gasteiger partial charge on any atom is -0.480 e. The Hall–Kier alpha value is -3.18. The molecule has 37 heavy (non-hydrogen) atoms. The topological polar surface area (TPSA) is 102 Å². The second-order valence-corrected chi connectivity index (χ2v) is 10.2. The molecule has 1 fully saturated rings. The van der Waals surface area contributed by atoms with Crippen LogP contribution in [0.3, 0.4) is 0 Å². The lowest BCUT2D eigenvalue weighted by molar-refractivity contribution is -0.0579. The highest BCUT2D eigenvalue weighted by Crippen LogP contribution is 2.45. The predicted octanol–water partition coefficient (Wildman–Crippen LogP) is 4.64. The molecular formula is C25H29ClF2N6O3. The second kappa shape index (κ2) is 9.94. The van der Waals surface area contributed by atoms with Gasteiger partial charge in [-0.2, -0.15) is 4.98 Å². The summed E-state index contributed by atoms with van der Waals surface area (Å²) in [5.41, 5.74) is 0.987. The van der Waals surface area contributed by atoms with Crippen molar-refractivity contribution in [1.29, 1.82) is 0 Å². The van der Waals surface area contributed by atoms with Crippen molar-refractivity contribution in [1.82, 2.24) is 14.5 Å². The van der Waals surface area contributed by atoms with E-state index in [0.717, 1.165) is 0 Å². The quantitative estimate of drug-likeness (QED) is 0.384. The van der Waals surface area contributed by atoms with Gasteiger partial charge in [-0.25, -0.2) is 13.8 Å². The van der Waals surface area contributed by atoms with E-state index in [9.17, 15) is 13.6 Å². The van der Waals surface area contributed by atoms with Crippen molar-refractivity contribution in [3.05, 3.63) is 39.8 Å². The maximum atomic E-state index is 14.9. The second-order valence-electron chi connectivity index (χ2n) is 9.77. The number of methoxy groups -OCH3 is 1. The molecular weight excluding hydrogens is 506 g/mol. The summed E-state index contributed by atoms with van der Waals surface area (Å²) in [6.45, 7) is 2.41. The number of pyridine rings is 1. The zero-order valence-corrected chi connectivity index (χ0v) is 21.5. The lowest BCUT2D eigenvalue weighted by Gasteiger charge is -2.25. The molecule has 0 radical (unpaired) electrons. The number of benzene rings is 1. The number of aromatic nitrogens is 3. The molecule has 1 aliphatic carbocycles. The summed E-state index contributed by atoms with van der Waals surface area (Å²) < 4.78 is 41.7. The molecule has 1 aliphatic heterocycles. The molecule has 0 spiro atoms. The molecule has 0 unspecified atom stereocenters. The maximum absolute atomic E-state index is 14.9. The highest BCUT2D eigenvalue weighted by molar-refractivity contribution is 6.32. The Balaban J connectivity index is 1.49. The highest BCUT2D eigenvalue weighted by Gasteiger charge is 2.51. The van der Waals surface area contributed by atoms with Crippen molar-refractivity contribution in [2.45, 2.75) is 31.7 Å². The summed E-state index contributed by atoms with van der Waals surface area (Å²) in [7, 11) is 3.24. The van der Waals surface area contributed by atoms with Gasteiger partial charge in [-0.05, 0) is 42.9 Å². The molecule has 0 amide bonds. The number of ether oxygens (including phenoxy) is 2. The largest absolute Gasteiger partial charge is 0.480 e. The molecule has 9 nitrogen and oxygen atoms in total. The van der Waals surface area contributed by atoms with Crippen molar-refractivity contribution in [3.8, 4) is 5.75 Å². The van der Waals surface area contributed by atoms with Crippen LogP contribution in [0.2, 0.25) is 5.02 Å². The molecule has 198 valence electrons. The SMILES string of the molecule is COC[C@H](C)CNc1ncc(Cl)c(Nc2ccc3c(c2)c2c(c(=O)n3C)OCC(F)(F)[C@H](C3CC3)N2)n1. The van der Waals surface area contributed by atoms with Crippen LogP contribution >= 0.6 is 11.6 Å². The Kier molecular flexibility index (Phi) is 6.84. The van der Waals surface area contributed by atoms with Crippen molar-refractivity contribution in [3.63, 3.8) is 0 Å². The number of halogens is 3. The number of hydrogen-bond donors (Lipinski definition) is 3. The highest BCUT2D eigenvalue weighted by atomic mass is 35.5. The Labute approximate surface area is 217 Å². The number of nitrogens with one attached hydrogen (secondary N) is 3. The number of nitrogens with zero attached hydrogens (tertiary/aromatic N) is 3. The first-order valence-corrected chi connectivity index (χ1v) is 12.5. The molecule has 12 heteroatoms. The smallest absolute Gasteiger partial charge is 0.301 e. The molecule has 0 saturated heterocycles. The zero-order chi connectivity index (χ0) is 26.3. The fourth-order valence-electron chi connectivity index (χ4n) is 4.57. The third kappa shape index (κ3) is 5.15. The Morgan fingerprint density at radius 1 is 1.38 bits per heavy atom. The fraction of sp³-hybridized carbons (Fsp3) is 0.480. The van der Waals surface area contributed by atoms with Crippen LogP contribution in [-0.2, 0) is 11.8 Å². The first-order chi connectivity index (χ1) is 17.7. The number of alkyl halides is 2. The standard InChI is InChI=1S/C25H29ClF2N6O3/c1-13(11-36-3)9-29-24-30-10-17(26)22(33-24)31-15-6-7-18-16(8-15)19-20(23(35)34(18)2)37-12-25(27,28)21(32-19)14-4-5-14/h6-8,10,13-14,21,32H,4-5,9,11-12H2,1-3H3,(H2,29,30,31,33)/t13-,21+/m1/s1. The van der Waals surface area contributed by atoms with Crippen LogP contribution < -0.4 is 26.2 Å². The summed E-state index contributed by atoms with van der Waals surface area (Å²) >= 11 is 6.36. The van der Waals surface area contributed by atoms with Crippen molar-refractivity contribution >= 4 is 45.6 Å². The minimum absolute atomic E-state index is 0.105. The Morgan fingerprint density at radius 2 is 2.16 bits per heavy atom. The van der Waals surface area contributed by atoms with Crippen molar-refractivity contribution in [2.75, 3.05) is 42.8 Å². The first-order valence-electron chi connectivity index (χ1n) is 12.1. The summed E-state index contributed by atoms with van der Waals surface area (Å²) in [4.78, 5) is 21.7. The molecule has 5 rings (SSSR count). The van der Waals surface area contributed by atoms with Crippen LogP contribution in [0.25, 0.3) is 10.9 Å². The van der Waals surface area contributed by atoms with Crippen LogP contribution in [0.15, 0.2) is 29.2 Å². The molecule has 2 aliphatic rings. The van der Waals surface area contributed by atoms with E-state index in [4.69, 9.17) is 21.1 Å². The molecule has 2 atom stereocenters. The monoisotopic (exact) mass is 534 g/mol. The fourth-order valence-corrected chi connectivity index (χ4v) is 4.71. The average molecular weight is 535 g/mol. The van der Waals surface area contributed by atoms with Gasteiger partial charge in [0, 0.05) is 31.8 Å². The van der Waals surface area contributed by atoms with Gasteiger partial charge in [-0.15, -0.1) is 0 Å². The lowest BCUT2D eigenvalue weighted by atomic mass is 10.0. The van der Waals surface area contributed by atoms with Gasteiger partial charge < -0.3 is 30.0 Å². The normalized spacial score (nSPS) is 19.4. The molecule has 0 bridgehead atoms. The van der Waals surface area contributed by atoms with Crippen LogP contribution in [0, 0.1) is 11.8 Å². The van der Waals surface area contributed by atoms with Gasteiger partial charge in [-0.1, -0.05) is 18.5 Å². The van der Waals surface area contributed by atoms with E-state index in [1.807, 2.05) is 6.92 Å². The molecule has 1 aromatic carbocycles. The minimum atomic E-state index is -3.11. The van der Waals surface area contributed by atoms with Gasteiger partial charge in [0.1, 0.15) is 5.02 Å². The van der Waals surface area contributed by atoms with Crippen molar-refractivity contribution < 1.29 is 18.3 Å². The van der Waals surface area contributed by atoms with Crippen LogP contribution in [-0.4, -0.2) is 53.4 Å². The average Bonchev–Trinajstić information content (AvgIpc) is 3.71. The van der Waals surface area contributed by atoms with E-state index in [1.165, 1.54) is 10.8 Å². The summed E-state index contributed by atoms with van der Waals surface area (Å²) in [6.07, 6.45) is 2.92. The summed E-state index contributed by atoms with van der Waals surface area (Å²) in [6, 6.07) is 4.18. The van der Waals surface area contributed by atoms with E-state index in [2.05, 4.69) is 25.9 Å². The first kappa shape index (κ1) is 25.5. The van der Waals surface area contributed by atoms with E-state index >= 15 is 0 Å². The third-order valence-electron chi connectivity index (χ3n) is 6.68. The molecule has 1 saturated carbocycles. The van der Waals surface area contributed by atoms with Crippen molar-refractivity contribution in [2.24, 2.45) is 18.9 Å². The maximum Gasteiger partial charge on any atom is 0.301 e. The van der Waals surface area contributed by atoms with Gasteiger partial charge >= 0.3 is 5.92 Å². The molecule has 3 heterocycles. The summed E-state index contributed by atoms with van der Waals surface area (Å²) in [5.74, 6) is -2.35. The number of aryl methyl sites for hydroxylation is 1. The van der Waals surface area contributed by atoms with Gasteiger partial charge in [-0.3, -0.25) is 4.79 Å². The van der Waals surface area contributed by atoms with Crippen LogP contribution in [0.5, 0.6) is 5.75 Å². The number of fused-ring (bicyclic) bond motifs is 3. The molecule has 3 aromatic rings. The number of rotatable bonds is 8. The van der Waals surface area contributed by atoms with E-state index in [-0.39, 0.29) is 23.3 Å². The van der Waals surface area contributed by atoms with Gasteiger partial charge in [0.25, 0.3) is 5.56 Å². The molecule has 3 N–H and O–H groups in total. The molecule has 2 aromatic heterocycles. The Bertz CT molecular complexity index is 1380.